The molecule has 0 atom stereocenters. The number of benzene rings is 2. The molecule has 2 aromatic carbocycles. The normalized spacial score (nSPS) is 10.6. The molecule has 0 saturated carbocycles. The summed E-state index contributed by atoms with van der Waals surface area (Å²) < 4.78 is 12.8. The molecule has 0 N–H and O–H groups in total. The Morgan fingerprint density at radius 2 is 1.59 bits per heavy atom. The number of hydrogen-bond donors (Lipinski definition) is 0. The van der Waals surface area contributed by atoms with Gasteiger partial charge in [0.25, 0.3) is 0 Å². The van der Waals surface area contributed by atoms with Gasteiger partial charge in [0, 0.05) is 11.6 Å². The van der Waals surface area contributed by atoms with Crippen LogP contribution in [0.25, 0.3) is 22.0 Å². The summed E-state index contributed by atoms with van der Waals surface area (Å²) in [5, 5.41) is 1.11. The molecule has 0 spiro atoms. The molecule has 0 aliphatic rings. The highest BCUT2D eigenvalue weighted by Gasteiger charge is 2.00. The molecule has 0 aliphatic carbocycles. The molecule has 17 heavy (non-hydrogen) atoms. The number of rotatable bonds is 1. The fraction of sp³-hybridized carbons (Fsp3) is 0. The highest BCUT2D eigenvalue weighted by molar-refractivity contribution is 5.83. The van der Waals surface area contributed by atoms with Crippen LogP contribution < -0.4 is 0 Å². The van der Waals surface area contributed by atoms with Crippen molar-refractivity contribution in [2.24, 2.45) is 0 Å². The number of fused-ring (bicyclic) bond motifs is 1. The van der Waals surface area contributed by atoms with E-state index in [0.717, 1.165) is 22.0 Å². The molecule has 0 bridgehead atoms. The van der Waals surface area contributed by atoms with Gasteiger partial charge in [-0.15, -0.1) is 0 Å². The number of aromatic nitrogens is 1. The monoisotopic (exact) mass is 223 g/mol. The average Bonchev–Trinajstić information content (AvgIpc) is 2.39. The lowest BCUT2D eigenvalue weighted by Crippen LogP contribution is -1.82. The molecule has 2 heteroatoms. The van der Waals surface area contributed by atoms with Gasteiger partial charge in [0.15, 0.2) is 0 Å². The van der Waals surface area contributed by atoms with E-state index in [1.54, 1.807) is 18.3 Å². The Labute approximate surface area is 98.6 Å². The van der Waals surface area contributed by atoms with Gasteiger partial charge in [-0.3, -0.25) is 4.98 Å². The third kappa shape index (κ3) is 1.89. The van der Waals surface area contributed by atoms with Crippen molar-refractivity contribution in [2.45, 2.75) is 0 Å². The van der Waals surface area contributed by atoms with Crippen LogP contribution in [0.2, 0.25) is 0 Å². The van der Waals surface area contributed by atoms with Crippen LogP contribution in [0.3, 0.4) is 0 Å². The van der Waals surface area contributed by atoms with Gasteiger partial charge in [-0.05, 0) is 35.4 Å². The van der Waals surface area contributed by atoms with Crippen molar-refractivity contribution in [1.29, 1.82) is 0 Å². The molecule has 3 aromatic rings. The quantitative estimate of drug-likeness (QED) is 0.606. The SMILES string of the molecule is Fc1ccc(-c2ccc3cccnc3c2)cc1. The van der Waals surface area contributed by atoms with E-state index >= 15 is 0 Å². The van der Waals surface area contributed by atoms with E-state index in [4.69, 9.17) is 0 Å². The van der Waals surface area contributed by atoms with E-state index in [0.29, 0.717) is 0 Å². The first kappa shape index (κ1) is 9.97. The Morgan fingerprint density at radius 3 is 2.41 bits per heavy atom. The predicted molar refractivity (Wildman–Crippen MR) is 67.1 cm³/mol. The highest BCUT2D eigenvalue weighted by atomic mass is 19.1. The molecular weight excluding hydrogens is 213 g/mol. The lowest BCUT2D eigenvalue weighted by molar-refractivity contribution is 0.628. The second-order valence-corrected chi connectivity index (χ2v) is 3.92. The standard InChI is InChI=1S/C15H10FN/c16-14-7-5-11(6-8-14)13-4-3-12-2-1-9-17-15(12)10-13/h1-10H. The van der Waals surface area contributed by atoms with Crippen LogP contribution in [-0.2, 0) is 0 Å². The molecule has 1 heterocycles. The smallest absolute Gasteiger partial charge is 0.123 e. The molecule has 0 amide bonds. The van der Waals surface area contributed by atoms with Crippen molar-refractivity contribution in [3.63, 3.8) is 0 Å². The number of pyridine rings is 1. The predicted octanol–water partition coefficient (Wildman–Crippen LogP) is 4.04. The van der Waals surface area contributed by atoms with Crippen molar-refractivity contribution in [2.75, 3.05) is 0 Å². The lowest BCUT2D eigenvalue weighted by atomic mass is 10.0. The Balaban J connectivity index is 2.14. The Bertz CT molecular complexity index is 659. The third-order valence-electron chi connectivity index (χ3n) is 2.78. The molecule has 0 unspecified atom stereocenters. The van der Waals surface area contributed by atoms with Crippen LogP contribution in [0, 0.1) is 5.82 Å². The molecule has 1 nitrogen and oxygen atoms in total. The van der Waals surface area contributed by atoms with E-state index in [-0.39, 0.29) is 5.82 Å². The first-order valence-electron chi connectivity index (χ1n) is 5.44. The topological polar surface area (TPSA) is 12.9 Å². The van der Waals surface area contributed by atoms with E-state index in [1.165, 1.54) is 12.1 Å². The van der Waals surface area contributed by atoms with E-state index < -0.39 is 0 Å². The molecule has 82 valence electrons. The van der Waals surface area contributed by atoms with Crippen molar-refractivity contribution >= 4 is 10.9 Å². The Kier molecular flexibility index (Phi) is 2.33. The van der Waals surface area contributed by atoms with Gasteiger partial charge < -0.3 is 0 Å². The van der Waals surface area contributed by atoms with Crippen LogP contribution in [0.15, 0.2) is 60.8 Å². The van der Waals surface area contributed by atoms with E-state index in [9.17, 15) is 4.39 Å². The summed E-state index contributed by atoms with van der Waals surface area (Å²) in [6.07, 6.45) is 1.77. The first-order valence-corrected chi connectivity index (χ1v) is 5.44. The van der Waals surface area contributed by atoms with Crippen molar-refractivity contribution in [3.05, 3.63) is 66.6 Å². The minimum absolute atomic E-state index is 0.215. The maximum absolute atomic E-state index is 12.8. The lowest BCUT2D eigenvalue weighted by Gasteiger charge is -2.03. The fourth-order valence-electron chi connectivity index (χ4n) is 1.89. The van der Waals surface area contributed by atoms with Gasteiger partial charge in [0.1, 0.15) is 5.82 Å². The zero-order valence-electron chi connectivity index (χ0n) is 9.10. The van der Waals surface area contributed by atoms with Crippen molar-refractivity contribution < 1.29 is 4.39 Å². The molecular formula is C15H10FN. The molecule has 0 fully saturated rings. The molecule has 0 saturated heterocycles. The van der Waals surface area contributed by atoms with Gasteiger partial charge in [-0.2, -0.15) is 0 Å². The fourth-order valence-corrected chi connectivity index (χ4v) is 1.89. The Morgan fingerprint density at radius 1 is 0.824 bits per heavy atom. The van der Waals surface area contributed by atoms with Crippen molar-refractivity contribution in [3.8, 4) is 11.1 Å². The summed E-state index contributed by atoms with van der Waals surface area (Å²) in [7, 11) is 0. The molecule has 0 aliphatic heterocycles. The van der Waals surface area contributed by atoms with Crippen LogP contribution in [0.4, 0.5) is 4.39 Å². The van der Waals surface area contributed by atoms with Crippen LogP contribution in [0.1, 0.15) is 0 Å². The van der Waals surface area contributed by atoms with Gasteiger partial charge in [0.2, 0.25) is 0 Å². The van der Waals surface area contributed by atoms with Crippen LogP contribution in [0.5, 0.6) is 0 Å². The molecule has 1 aromatic heterocycles. The second kappa shape index (κ2) is 3.98. The second-order valence-electron chi connectivity index (χ2n) is 3.92. The van der Waals surface area contributed by atoms with E-state index in [1.807, 2.05) is 30.3 Å². The molecule has 0 radical (unpaired) electrons. The van der Waals surface area contributed by atoms with Gasteiger partial charge in [-0.1, -0.05) is 30.3 Å². The number of hydrogen-bond acceptors (Lipinski definition) is 1. The zero-order chi connectivity index (χ0) is 11.7. The maximum Gasteiger partial charge on any atom is 0.123 e. The zero-order valence-corrected chi connectivity index (χ0v) is 9.10. The summed E-state index contributed by atoms with van der Waals surface area (Å²) in [6, 6.07) is 16.5. The maximum atomic E-state index is 12.8. The van der Waals surface area contributed by atoms with E-state index in [2.05, 4.69) is 4.98 Å². The summed E-state index contributed by atoms with van der Waals surface area (Å²) in [5.41, 5.74) is 3.00. The van der Waals surface area contributed by atoms with Gasteiger partial charge in [0.05, 0.1) is 5.52 Å². The Hall–Kier alpha value is -2.22. The number of halogens is 1. The van der Waals surface area contributed by atoms with Gasteiger partial charge in [-0.25, -0.2) is 4.39 Å². The average molecular weight is 223 g/mol. The largest absolute Gasteiger partial charge is 0.256 e. The summed E-state index contributed by atoms with van der Waals surface area (Å²) in [6.45, 7) is 0. The third-order valence-corrected chi connectivity index (χ3v) is 2.78. The first-order chi connectivity index (χ1) is 8.33. The summed E-state index contributed by atoms with van der Waals surface area (Å²) in [4.78, 5) is 4.31. The van der Waals surface area contributed by atoms with Crippen LogP contribution in [-0.4, -0.2) is 4.98 Å². The number of nitrogens with zero attached hydrogens (tertiary/aromatic N) is 1. The van der Waals surface area contributed by atoms with Crippen LogP contribution >= 0.6 is 0 Å². The minimum Gasteiger partial charge on any atom is -0.256 e. The summed E-state index contributed by atoms with van der Waals surface area (Å²) >= 11 is 0. The molecule has 3 rings (SSSR count). The highest BCUT2D eigenvalue weighted by Crippen LogP contribution is 2.23. The van der Waals surface area contributed by atoms with Gasteiger partial charge >= 0.3 is 0 Å². The van der Waals surface area contributed by atoms with Crippen molar-refractivity contribution in [1.82, 2.24) is 4.98 Å². The minimum atomic E-state index is -0.215. The summed E-state index contributed by atoms with van der Waals surface area (Å²) in [5.74, 6) is -0.215.